The third-order valence-electron chi connectivity index (χ3n) is 5.80. The van der Waals surface area contributed by atoms with E-state index in [4.69, 9.17) is 15.7 Å². The molecule has 9 nitrogen and oxygen atoms in total. The number of halogens is 2. The van der Waals surface area contributed by atoms with E-state index in [9.17, 15) is 26.8 Å². The Bertz CT molecular complexity index is 1440. The highest BCUT2D eigenvalue weighted by Gasteiger charge is 2.49. The first kappa shape index (κ1) is 23.5. The van der Waals surface area contributed by atoms with E-state index in [2.05, 4.69) is 4.98 Å². The lowest BCUT2D eigenvalue weighted by molar-refractivity contribution is -0.132. The van der Waals surface area contributed by atoms with E-state index in [0.717, 1.165) is 10.8 Å². The second kappa shape index (κ2) is 8.61. The minimum absolute atomic E-state index is 0.0959. The standard InChI is InChI=1S/C22H20F2N4O5S/c23-17-7-2-1-6-16(17)13-4-3-5-15(10-13)34(31,32)33-22(20(26)29)9-8-14(11-22)28-12-18(24)19(25)27-21(28)30/h1-7,10,12,14H,8-9,11H2,(H2,26,29)(H2,25,27,30). The molecular formula is C22H20F2N4O5S. The number of carbonyl (C=O) groups excluding carboxylic acids is 1. The minimum Gasteiger partial charge on any atom is -0.381 e. The highest BCUT2D eigenvalue weighted by Crippen LogP contribution is 2.42. The second-order valence-corrected chi connectivity index (χ2v) is 9.51. The first-order valence-electron chi connectivity index (χ1n) is 10.2. The van der Waals surface area contributed by atoms with Crippen molar-refractivity contribution in [1.82, 2.24) is 9.55 Å². The van der Waals surface area contributed by atoms with Crippen LogP contribution in [0.3, 0.4) is 0 Å². The summed E-state index contributed by atoms with van der Waals surface area (Å²) in [6.07, 6.45) is 0.495. The van der Waals surface area contributed by atoms with Crippen LogP contribution >= 0.6 is 0 Å². The van der Waals surface area contributed by atoms with Gasteiger partial charge in [-0.15, -0.1) is 0 Å². The number of hydrogen-bond donors (Lipinski definition) is 2. The molecule has 0 aliphatic heterocycles. The number of carbonyl (C=O) groups is 1. The van der Waals surface area contributed by atoms with Gasteiger partial charge in [-0.3, -0.25) is 9.36 Å². The SMILES string of the molecule is NC(=O)C1(OS(=O)(=O)c2cccc(-c3ccccc3F)c2)CCC(n2cc(F)c(N)nc2=O)C1. The third-order valence-corrected chi connectivity index (χ3v) is 7.17. The maximum atomic E-state index is 14.2. The van der Waals surface area contributed by atoms with Gasteiger partial charge in [0.2, 0.25) is 0 Å². The van der Waals surface area contributed by atoms with Crippen LogP contribution in [0.2, 0.25) is 0 Å². The Kier molecular flexibility index (Phi) is 5.96. The van der Waals surface area contributed by atoms with Gasteiger partial charge in [-0.25, -0.2) is 17.8 Å². The van der Waals surface area contributed by atoms with Crippen LogP contribution < -0.4 is 17.2 Å². The number of anilines is 1. The van der Waals surface area contributed by atoms with Gasteiger partial charge in [0, 0.05) is 24.2 Å². The van der Waals surface area contributed by atoms with Crippen LogP contribution in [0.15, 0.2) is 64.4 Å². The Morgan fingerprint density at radius 3 is 2.59 bits per heavy atom. The van der Waals surface area contributed by atoms with Crippen LogP contribution in [0.5, 0.6) is 0 Å². The summed E-state index contributed by atoms with van der Waals surface area (Å²) < 4.78 is 60.5. The van der Waals surface area contributed by atoms with Crippen LogP contribution in [0.25, 0.3) is 11.1 Å². The van der Waals surface area contributed by atoms with E-state index in [1.165, 1.54) is 42.5 Å². The highest BCUT2D eigenvalue weighted by atomic mass is 32.2. The average Bonchev–Trinajstić information content (AvgIpc) is 3.21. The van der Waals surface area contributed by atoms with Crippen molar-refractivity contribution in [2.45, 2.75) is 35.8 Å². The molecule has 12 heteroatoms. The van der Waals surface area contributed by atoms with Crippen LogP contribution in [-0.2, 0) is 19.1 Å². The molecule has 1 saturated carbocycles. The molecule has 2 atom stereocenters. The van der Waals surface area contributed by atoms with E-state index in [1.807, 2.05) is 0 Å². The normalized spacial score (nSPS) is 20.4. The van der Waals surface area contributed by atoms with Gasteiger partial charge in [0.15, 0.2) is 17.2 Å². The Labute approximate surface area is 193 Å². The van der Waals surface area contributed by atoms with Crippen molar-refractivity contribution in [2.75, 3.05) is 5.73 Å². The second-order valence-electron chi connectivity index (χ2n) is 7.96. The summed E-state index contributed by atoms with van der Waals surface area (Å²) in [5.74, 6) is -3.11. The van der Waals surface area contributed by atoms with Crippen LogP contribution in [0, 0.1) is 11.6 Å². The molecule has 4 N–H and O–H groups in total. The summed E-state index contributed by atoms with van der Waals surface area (Å²) in [5, 5.41) is 0. The Hall–Kier alpha value is -3.64. The van der Waals surface area contributed by atoms with E-state index < -0.39 is 50.8 Å². The fourth-order valence-electron chi connectivity index (χ4n) is 4.05. The molecule has 1 aromatic heterocycles. The third kappa shape index (κ3) is 4.29. The summed E-state index contributed by atoms with van der Waals surface area (Å²) in [6, 6.07) is 10.4. The van der Waals surface area contributed by atoms with Crippen molar-refractivity contribution >= 4 is 21.8 Å². The molecule has 178 valence electrons. The molecule has 34 heavy (non-hydrogen) atoms. The van der Waals surface area contributed by atoms with Gasteiger partial charge in [0.25, 0.3) is 16.0 Å². The number of rotatable bonds is 6. The molecule has 3 aromatic rings. The molecule has 2 unspecified atom stereocenters. The van der Waals surface area contributed by atoms with Crippen molar-refractivity contribution in [3.8, 4) is 11.1 Å². The van der Waals surface area contributed by atoms with Gasteiger partial charge < -0.3 is 11.5 Å². The fourth-order valence-corrected chi connectivity index (χ4v) is 5.32. The lowest BCUT2D eigenvalue weighted by Crippen LogP contribution is -2.46. The number of nitrogens with two attached hydrogens (primary N) is 2. The highest BCUT2D eigenvalue weighted by molar-refractivity contribution is 7.86. The number of aromatic nitrogens is 2. The fraction of sp³-hybridized carbons (Fsp3) is 0.227. The van der Waals surface area contributed by atoms with Gasteiger partial charge in [0.1, 0.15) is 5.82 Å². The average molecular weight is 490 g/mol. The zero-order valence-corrected chi connectivity index (χ0v) is 18.5. The molecule has 4 rings (SSSR count). The number of nitrogen functional groups attached to an aromatic ring is 1. The molecule has 1 aliphatic rings. The van der Waals surface area contributed by atoms with Crippen molar-refractivity contribution < 1.29 is 26.2 Å². The van der Waals surface area contributed by atoms with E-state index in [1.54, 1.807) is 6.07 Å². The molecule has 1 fully saturated rings. The molecule has 1 aliphatic carbocycles. The van der Waals surface area contributed by atoms with Crippen molar-refractivity contribution in [3.63, 3.8) is 0 Å². The van der Waals surface area contributed by atoms with Gasteiger partial charge in [-0.05, 0) is 36.6 Å². The van der Waals surface area contributed by atoms with Crippen molar-refractivity contribution in [2.24, 2.45) is 5.73 Å². The van der Waals surface area contributed by atoms with E-state index >= 15 is 0 Å². The molecule has 1 heterocycles. The van der Waals surface area contributed by atoms with Gasteiger partial charge in [-0.1, -0.05) is 30.3 Å². The quantitative estimate of drug-likeness (QED) is 0.503. The molecule has 0 radical (unpaired) electrons. The Morgan fingerprint density at radius 2 is 1.88 bits per heavy atom. The number of hydrogen-bond acceptors (Lipinski definition) is 7. The topological polar surface area (TPSA) is 147 Å². The van der Waals surface area contributed by atoms with Crippen LogP contribution in [0.4, 0.5) is 14.6 Å². The zero-order chi connectivity index (χ0) is 24.7. The smallest absolute Gasteiger partial charge is 0.349 e. The molecule has 0 bridgehead atoms. The number of amides is 1. The summed E-state index contributed by atoms with van der Waals surface area (Å²) >= 11 is 0. The molecule has 0 saturated heterocycles. The lowest BCUT2D eigenvalue weighted by Gasteiger charge is -2.25. The molecule has 2 aromatic carbocycles. The summed E-state index contributed by atoms with van der Waals surface area (Å²) in [7, 11) is -4.54. The zero-order valence-electron chi connectivity index (χ0n) is 17.6. The minimum atomic E-state index is -4.54. The summed E-state index contributed by atoms with van der Waals surface area (Å²) in [5.41, 5.74) is 8.45. The van der Waals surface area contributed by atoms with E-state index in [-0.39, 0.29) is 35.3 Å². The molecule has 0 spiro atoms. The van der Waals surface area contributed by atoms with Crippen LogP contribution in [-0.4, -0.2) is 29.5 Å². The predicted molar refractivity (Wildman–Crippen MR) is 118 cm³/mol. The maximum Gasteiger partial charge on any atom is 0.349 e. The summed E-state index contributed by atoms with van der Waals surface area (Å²) in [6.45, 7) is 0. The predicted octanol–water partition coefficient (Wildman–Crippen LogP) is 2.13. The first-order valence-corrected chi connectivity index (χ1v) is 11.6. The Balaban J connectivity index is 1.66. The number of nitrogens with zero attached hydrogens (tertiary/aromatic N) is 2. The van der Waals surface area contributed by atoms with Gasteiger partial charge in [-0.2, -0.15) is 13.4 Å². The molecule has 1 amide bonds. The monoisotopic (exact) mass is 490 g/mol. The lowest BCUT2D eigenvalue weighted by atomic mass is 10.0. The number of primary amides is 1. The van der Waals surface area contributed by atoms with Crippen LogP contribution in [0.1, 0.15) is 25.3 Å². The van der Waals surface area contributed by atoms with E-state index in [0.29, 0.717) is 0 Å². The number of benzene rings is 2. The first-order chi connectivity index (χ1) is 16.0. The summed E-state index contributed by atoms with van der Waals surface area (Å²) in [4.78, 5) is 27.6. The largest absolute Gasteiger partial charge is 0.381 e. The maximum absolute atomic E-state index is 14.2. The van der Waals surface area contributed by atoms with Gasteiger partial charge >= 0.3 is 5.69 Å². The Morgan fingerprint density at radius 1 is 1.15 bits per heavy atom. The van der Waals surface area contributed by atoms with Gasteiger partial charge in [0.05, 0.1) is 4.90 Å². The van der Waals surface area contributed by atoms with Crippen molar-refractivity contribution in [1.29, 1.82) is 0 Å². The molecular weight excluding hydrogens is 470 g/mol. The van der Waals surface area contributed by atoms with Crippen molar-refractivity contribution in [3.05, 3.63) is 76.8 Å².